The number of benzene rings is 1. The molecule has 0 spiro atoms. The van der Waals surface area contributed by atoms with Gasteiger partial charge in [0.05, 0.1) is 0 Å². The first-order chi connectivity index (χ1) is 4.86. The summed E-state index contributed by atoms with van der Waals surface area (Å²) < 4.78 is 0. The lowest BCUT2D eigenvalue weighted by Gasteiger charge is -2.01. The molecule has 0 aromatic heterocycles. The van der Waals surface area contributed by atoms with Crippen LogP contribution in [0.5, 0.6) is 0 Å². The first-order valence-electron chi connectivity index (χ1n) is 3.32. The van der Waals surface area contributed by atoms with Crippen molar-refractivity contribution in [3.63, 3.8) is 0 Å². The number of rotatable bonds is 2. The normalized spacial score (nSPS) is 7.50. The van der Waals surface area contributed by atoms with Gasteiger partial charge in [-0.25, -0.2) is 0 Å². The van der Waals surface area contributed by atoms with Crippen LogP contribution in [0.25, 0.3) is 0 Å². The Balaban J connectivity index is 0. The summed E-state index contributed by atoms with van der Waals surface area (Å²) in [6.45, 7) is 0. The van der Waals surface area contributed by atoms with Gasteiger partial charge in [0.2, 0.25) is 0 Å². The van der Waals surface area contributed by atoms with Crippen molar-refractivity contribution in [1.82, 2.24) is 0 Å². The third-order valence-electron chi connectivity index (χ3n) is 1.46. The van der Waals surface area contributed by atoms with Gasteiger partial charge in [-0.1, -0.05) is 0 Å². The highest BCUT2D eigenvalue weighted by atomic mass is 79.9. The minimum atomic E-state index is 0. The van der Waals surface area contributed by atoms with Crippen LogP contribution in [0.3, 0.4) is 0 Å². The van der Waals surface area contributed by atoms with Gasteiger partial charge in [-0.05, 0) is 24.3 Å². The van der Waals surface area contributed by atoms with Crippen molar-refractivity contribution in [2.45, 2.75) is 0 Å². The summed E-state index contributed by atoms with van der Waals surface area (Å²) in [5.41, 5.74) is 2.28. The highest BCUT2D eigenvalue weighted by Crippen LogP contribution is 2.11. The molecular formula is C8H14Br2N2. The summed E-state index contributed by atoms with van der Waals surface area (Å²) in [5.74, 6) is 0. The molecule has 0 aliphatic carbocycles. The van der Waals surface area contributed by atoms with E-state index in [1.165, 1.54) is 0 Å². The topological polar surface area (TPSA) is 24.1 Å². The molecule has 1 aromatic carbocycles. The fraction of sp³-hybridized carbons (Fsp3) is 0.250. The van der Waals surface area contributed by atoms with E-state index in [0.29, 0.717) is 0 Å². The van der Waals surface area contributed by atoms with E-state index in [-0.39, 0.29) is 34.0 Å². The van der Waals surface area contributed by atoms with Crippen LogP contribution in [0.4, 0.5) is 11.4 Å². The molecule has 0 unspecified atom stereocenters. The summed E-state index contributed by atoms with van der Waals surface area (Å²) >= 11 is 0. The molecule has 12 heavy (non-hydrogen) atoms. The minimum Gasteiger partial charge on any atom is -0.388 e. The first kappa shape index (κ1) is 14.3. The molecule has 70 valence electrons. The monoisotopic (exact) mass is 296 g/mol. The lowest BCUT2D eigenvalue weighted by molar-refractivity contribution is 1.47. The molecule has 0 atom stereocenters. The van der Waals surface area contributed by atoms with Crippen molar-refractivity contribution in [3.05, 3.63) is 24.3 Å². The molecule has 0 aliphatic heterocycles. The molecule has 0 radical (unpaired) electrons. The predicted molar refractivity (Wildman–Crippen MR) is 66.2 cm³/mol. The molecule has 1 aromatic rings. The maximum absolute atomic E-state index is 3.05. The lowest BCUT2D eigenvalue weighted by Crippen LogP contribution is -1.89. The Hall–Kier alpha value is -0.220. The molecule has 1 rings (SSSR count). The smallest absolute Gasteiger partial charge is 0.0339 e. The van der Waals surface area contributed by atoms with E-state index in [9.17, 15) is 0 Å². The summed E-state index contributed by atoms with van der Waals surface area (Å²) in [4.78, 5) is 0. The van der Waals surface area contributed by atoms with Gasteiger partial charge in [-0.3, -0.25) is 0 Å². The van der Waals surface area contributed by atoms with Crippen LogP contribution in [0.2, 0.25) is 0 Å². The molecule has 0 amide bonds. The average Bonchev–Trinajstić information content (AvgIpc) is 2.05. The minimum absolute atomic E-state index is 0. The van der Waals surface area contributed by atoms with Crippen molar-refractivity contribution in [2.75, 3.05) is 24.7 Å². The van der Waals surface area contributed by atoms with E-state index in [1.807, 2.05) is 38.4 Å². The Labute approximate surface area is 94.3 Å². The zero-order chi connectivity index (χ0) is 7.40. The second-order valence-electron chi connectivity index (χ2n) is 2.08. The van der Waals surface area contributed by atoms with Crippen LogP contribution in [0.1, 0.15) is 0 Å². The van der Waals surface area contributed by atoms with Crippen LogP contribution >= 0.6 is 34.0 Å². The summed E-state index contributed by atoms with van der Waals surface area (Å²) in [5, 5.41) is 6.10. The van der Waals surface area contributed by atoms with Crippen LogP contribution in [-0.4, -0.2) is 14.1 Å². The standard InChI is InChI=1S/C8H12N2.2BrH/c1-9-7-3-5-8(10-2)6-4-7;;/h3-6,9-10H,1-2H3;2*1H. The number of halogens is 2. The molecule has 4 heteroatoms. The zero-order valence-electron chi connectivity index (χ0n) is 7.13. The Morgan fingerprint density at radius 3 is 1.17 bits per heavy atom. The SMILES string of the molecule is Br.Br.CNc1ccc(NC)cc1. The Kier molecular flexibility index (Phi) is 8.86. The average molecular weight is 298 g/mol. The number of nitrogens with one attached hydrogen (secondary N) is 2. The van der Waals surface area contributed by atoms with E-state index < -0.39 is 0 Å². The zero-order valence-corrected chi connectivity index (χ0v) is 10.6. The largest absolute Gasteiger partial charge is 0.388 e. The molecule has 0 saturated heterocycles. The van der Waals surface area contributed by atoms with Crippen molar-refractivity contribution in [3.8, 4) is 0 Å². The molecule has 0 bridgehead atoms. The van der Waals surface area contributed by atoms with Gasteiger partial charge in [0.25, 0.3) is 0 Å². The van der Waals surface area contributed by atoms with Crippen LogP contribution in [0, 0.1) is 0 Å². The van der Waals surface area contributed by atoms with Crippen LogP contribution in [-0.2, 0) is 0 Å². The van der Waals surface area contributed by atoms with E-state index >= 15 is 0 Å². The van der Waals surface area contributed by atoms with E-state index in [0.717, 1.165) is 11.4 Å². The predicted octanol–water partition coefficient (Wildman–Crippen LogP) is 2.93. The maximum Gasteiger partial charge on any atom is 0.0339 e. The van der Waals surface area contributed by atoms with Gasteiger partial charge >= 0.3 is 0 Å². The van der Waals surface area contributed by atoms with E-state index in [4.69, 9.17) is 0 Å². The third kappa shape index (κ3) is 3.97. The van der Waals surface area contributed by atoms with Gasteiger partial charge in [0.15, 0.2) is 0 Å². The second-order valence-corrected chi connectivity index (χ2v) is 2.08. The fourth-order valence-corrected chi connectivity index (χ4v) is 0.804. The first-order valence-corrected chi connectivity index (χ1v) is 3.32. The van der Waals surface area contributed by atoms with Crippen molar-refractivity contribution in [2.24, 2.45) is 0 Å². The summed E-state index contributed by atoms with van der Waals surface area (Å²) in [7, 11) is 3.82. The van der Waals surface area contributed by atoms with Gasteiger partial charge in [0, 0.05) is 25.5 Å². The van der Waals surface area contributed by atoms with Crippen LogP contribution in [0.15, 0.2) is 24.3 Å². The molecule has 0 fully saturated rings. The van der Waals surface area contributed by atoms with E-state index in [1.54, 1.807) is 0 Å². The molecule has 0 aliphatic rings. The van der Waals surface area contributed by atoms with Gasteiger partial charge in [-0.2, -0.15) is 0 Å². The van der Waals surface area contributed by atoms with Crippen molar-refractivity contribution >= 4 is 45.3 Å². The van der Waals surface area contributed by atoms with E-state index in [2.05, 4.69) is 10.6 Å². The summed E-state index contributed by atoms with van der Waals surface area (Å²) in [6.07, 6.45) is 0. The fourth-order valence-electron chi connectivity index (χ4n) is 0.804. The number of hydrogen-bond donors (Lipinski definition) is 2. The Bertz CT molecular complexity index is 176. The third-order valence-corrected chi connectivity index (χ3v) is 1.46. The van der Waals surface area contributed by atoms with Gasteiger partial charge in [0.1, 0.15) is 0 Å². The lowest BCUT2D eigenvalue weighted by atomic mass is 10.3. The Morgan fingerprint density at radius 1 is 0.750 bits per heavy atom. The maximum atomic E-state index is 3.05. The van der Waals surface area contributed by atoms with Crippen molar-refractivity contribution < 1.29 is 0 Å². The quantitative estimate of drug-likeness (QED) is 0.877. The highest BCUT2D eigenvalue weighted by Gasteiger charge is 1.86. The van der Waals surface area contributed by atoms with Crippen molar-refractivity contribution in [1.29, 1.82) is 0 Å². The van der Waals surface area contributed by atoms with Gasteiger partial charge < -0.3 is 10.6 Å². The van der Waals surface area contributed by atoms with Crippen LogP contribution < -0.4 is 10.6 Å². The molecule has 2 nitrogen and oxygen atoms in total. The number of hydrogen-bond acceptors (Lipinski definition) is 2. The number of anilines is 2. The Morgan fingerprint density at radius 2 is 1.00 bits per heavy atom. The molecule has 2 N–H and O–H groups in total. The highest BCUT2D eigenvalue weighted by molar-refractivity contribution is 8.93. The van der Waals surface area contributed by atoms with Gasteiger partial charge in [-0.15, -0.1) is 34.0 Å². The molecule has 0 heterocycles. The molecule has 0 saturated carbocycles. The molecular weight excluding hydrogens is 284 g/mol. The summed E-state index contributed by atoms with van der Waals surface area (Å²) in [6, 6.07) is 8.13. The second kappa shape index (κ2) is 7.43.